The van der Waals surface area contributed by atoms with E-state index in [4.69, 9.17) is 0 Å². The lowest BCUT2D eigenvalue weighted by atomic mass is 10.3. The summed E-state index contributed by atoms with van der Waals surface area (Å²) in [7, 11) is 4.01. The van der Waals surface area contributed by atoms with E-state index in [0.29, 0.717) is 5.95 Å². The van der Waals surface area contributed by atoms with Crippen LogP contribution in [0.15, 0.2) is 6.20 Å². The average molecular weight is 235 g/mol. The van der Waals surface area contributed by atoms with Gasteiger partial charge in [0.2, 0.25) is 5.95 Å². The number of aromatic nitrogens is 2. The first kappa shape index (κ1) is 12.1. The Kier molecular flexibility index (Phi) is 3.78. The van der Waals surface area contributed by atoms with Gasteiger partial charge < -0.3 is 15.5 Å². The Balaban J connectivity index is 1.84. The molecule has 0 radical (unpaired) electrons. The molecular weight excluding hydrogens is 214 g/mol. The van der Waals surface area contributed by atoms with Gasteiger partial charge in [-0.3, -0.25) is 0 Å². The first-order valence-corrected chi connectivity index (χ1v) is 6.16. The van der Waals surface area contributed by atoms with Crippen LogP contribution in [0.5, 0.6) is 0 Å². The van der Waals surface area contributed by atoms with Crippen LogP contribution >= 0.6 is 0 Å². The first-order valence-electron chi connectivity index (χ1n) is 6.16. The van der Waals surface area contributed by atoms with Crippen LogP contribution in [0, 0.1) is 6.92 Å². The van der Waals surface area contributed by atoms with Crippen molar-refractivity contribution in [3.63, 3.8) is 0 Å². The SMILES string of the molecule is CNc1ncc(C)c(NCCN(C)C2CC2)n1. The molecule has 1 heterocycles. The molecule has 0 spiro atoms. The molecule has 1 fully saturated rings. The average Bonchev–Trinajstić information content (AvgIpc) is 3.15. The quantitative estimate of drug-likeness (QED) is 0.779. The Labute approximate surface area is 103 Å². The molecule has 1 aromatic heterocycles. The molecule has 0 bridgehead atoms. The molecule has 1 aliphatic rings. The van der Waals surface area contributed by atoms with Gasteiger partial charge in [0.15, 0.2) is 0 Å². The Morgan fingerprint density at radius 1 is 1.47 bits per heavy atom. The molecule has 5 heteroatoms. The van der Waals surface area contributed by atoms with Gasteiger partial charge in [0.25, 0.3) is 0 Å². The van der Waals surface area contributed by atoms with E-state index in [-0.39, 0.29) is 0 Å². The van der Waals surface area contributed by atoms with Crippen molar-refractivity contribution in [3.05, 3.63) is 11.8 Å². The first-order chi connectivity index (χ1) is 8.20. The van der Waals surface area contributed by atoms with E-state index in [9.17, 15) is 0 Å². The molecule has 17 heavy (non-hydrogen) atoms. The van der Waals surface area contributed by atoms with Gasteiger partial charge in [-0.05, 0) is 26.8 Å². The van der Waals surface area contributed by atoms with Crippen molar-refractivity contribution in [1.82, 2.24) is 14.9 Å². The minimum atomic E-state index is 0.661. The zero-order valence-electron chi connectivity index (χ0n) is 10.8. The molecule has 1 saturated carbocycles. The number of rotatable bonds is 6. The molecule has 0 amide bonds. The minimum absolute atomic E-state index is 0.661. The molecule has 0 unspecified atom stereocenters. The van der Waals surface area contributed by atoms with Gasteiger partial charge in [0, 0.05) is 37.9 Å². The maximum Gasteiger partial charge on any atom is 0.224 e. The van der Waals surface area contributed by atoms with E-state index in [1.165, 1.54) is 12.8 Å². The summed E-state index contributed by atoms with van der Waals surface area (Å²) in [6.07, 6.45) is 4.55. The predicted octanol–water partition coefficient (Wildman–Crippen LogP) is 1.33. The van der Waals surface area contributed by atoms with E-state index in [0.717, 1.165) is 30.5 Å². The molecule has 5 nitrogen and oxygen atoms in total. The number of hydrogen-bond acceptors (Lipinski definition) is 5. The van der Waals surface area contributed by atoms with E-state index in [2.05, 4.69) is 32.5 Å². The highest BCUT2D eigenvalue weighted by atomic mass is 15.2. The number of nitrogens with zero attached hydrogens (tertiary/aromatic N) is 3. The monoisotopic (exact) mass is 235 g/mol. The van der Waals surface area contributed by atoms with Gasteiger partial charge >= 0.3 is 0 Å². The van der Waals surface area contributed by atoms with Crippen molar-refractivity contribution in [3.8, 4) is 0 Å². The highest BCUT2D eigenvalue weighted by Gasteiger charge is 2.25. The van der Waals surface area contributed by atoms with E-state index >= 15 is 0 Å². The number of nitrogens with one attached hydrogen (secondary N) is 2. The van der Waals surface area contributed by atoms with Crippen LogP contribution in [0.4, 0.5) is 11.8 Å². The summed E-state index contributed by atoms with van der Waals surface area (Å²) < 4.78 is 0. The third-order valence-electron chi connectivity index (χ3n) is 3.12. The fraction of sp³-hybridized carbons (Fsp3) is 0.667. The maximum absolute atomic E-state index is 4.40. The van der Waals surface area contributed by atoms with Crippen LogP contribution in [0.2, 0.25) is 0 Å². The fourth-order valence-electron chi connectivity index (χ4n) is 1.79. The third kappa shape index (κ3) is 3.30. The zero-order valence-corrected chi connectivity index (χ0v) is 10.8. The molecule has 2 N–H and O–H groups in total. The normalized spacial score (nSPS) is 15.1. The zero-order chi connectivity index (χ0) is 12.3. The van der Waals surface area contributed by atoms with Crippen LogP contribution in [0.3, 0.4) is 0 Å². The molecule has 0 aromatic carbocycles. The fourth-order valence-corrected chi connectivity index (χ4v) is 1.79. The van der Waals surface area contributed by atoms with Crippen LogP contribution in [0.1, 0.15) is 18.4 Å². The van der Waals surface area contributed by atoms with Crippen molar-refractivity contribution >= 4 is 11.8 Å². The maximum atomic E-state index is 4.40. The van der Waals surface area contributed by atoms with E-state index in [1.807, 2.05) is 20.2 Å². The summed E-state index contributed by atoms with van der Waals surface area (Å²) in [6.45, 7) is 4.00. The van der Waals surface area contributed by atoms with Crippen molar-refractivity contribution in [2.75, 3.05) is 37.8 Å². The van der Waals surface area contributed by atoms with Crippen molar-refractivity contribution in [2.24, 2.45) is 0 Å². The highest BCUT2D eigenvalue weighted by Crippen LogP contribution is 2.24. The molecule has 0 atom stereocenters. The summed E-state index contributed by atoms with van der Waals surface area (Å²) in [5.41, 5.74) is 1.08. The van der Waals surface area contributed by atoms with E-state index in [1.54, 1.807) is 0 Å². The second-order valence-electron chi connectivity index (χ2n) is 4.61. The second-order valence-corrected chi connectivity index (χ2v) is 4.61. The van der Waals surface area contributed by atoms with E-state index < -0.39 is 0 Å². The Morgan fingerprint density at radius 2 is 2.24 bits per heavy atom. The summed E-state index contributed by atoms with van der Waals surface area (Å²) in [5.74, 6) is 1.59. The van der Waals surface area contributed by atoms with Crippen molar-refractivity contribution in [2.45, 2.75) is 25.8 Å². The summed E-state index contributed by atoms with van der Waals surface area (Å²) in [6, 6.07) is 0.816. The van der Waals surface area contributed by atoms with Gasteiger partial charge in [-0.1, -0.05) is 0 Å². The molecule has 0 aliphatic heterocycles. The third-order valence-corrected chi connectivity index (χ3v) is 3.12. The number of anilines is 2. The lowest BCUT2D eigenvalue weighted by Gasteiger charge is -2.16. The topological polar surface area (TPSA) is 53.1 Å². The van der Waals surface area contributed by atoms with Crippen molar-refractivity contribution in [1.29, 1.82) is 0 Å². The standard InChI is InChI=1S/C12H21N5/c1-9-8-15-12(13-2)16-11(9)14-6-7-17(3)10-4-5-10/h8,10H,4-7H2,1-3H3,(H2,13,14,15,16). The number of likely N-dealkylation sites (N-methyl/N-ethyl adjacent to an activating group) is 1. The Bertz CT molecular complexity index is 375. The minimum Gasteiger partial charge on any atom is -0.368 e. The lowest BCUT2D eigenvalue weighted by molar-refractivity contribution is 0.337. The Morgan fingerprint density at radius 3 is 2.88 bits per heavy atom. The molecule has 1 aliphatic carbocycles. The van der Waals surface area contributed by atoms with Gasteiger partial charge in [0.05, 0.1) is 0 Å². The Hall–Kier alpha value is -1.36. The molecule has 0 saturated heterocycles. The van der Waals surface area contributed by atoms with Crippen LogP contribution in [0.25, 0.3) is 0 Å². The molecule has 94 valence electrons. The second kappa shape index (κ2) is 5.31. The molecule has 1 aromatic rings. The van der Waals surface area contributed by atoms with Gasteiger partial charge in [-0.2, -0.15) is 4.98 Å². The number of aryl methyl sites for hydroxylation is 1. The lowest BCUT2D eigenvalue weighted by Crippen LogP contribution is -2.27. The molecule has 2 rings (SSSR count). The van der Waals surface area contributed by atoms with Gasteiger partial charge in [-0.15, -0.1) is 0 Å². The van der Waals surface area contributed by atoms with Gasteiger partial charge in [0.1, 0.15) is 5.82 Å². The summed E-state index contributed by atoms with van der Waals surface area (Å²) >= 11 is 0. The van der Waals surface area contributed by atoms with Crippen LogP contribution in [-0.2, 0) is 0 Å². The number of hydrogen-bond donors (Lipinski definition) is 2. The van der Waals surface area contributed by atoms with Gasteiger partial charge in [-0.25, -0.2) is 4.98 Å². The van der Waals surface area contributed by atoms with Crippen molar-refractivity contribution < 1.29 is 0 Å². The highest BCUT2D eigenvalue weighted by molar-refractivity contribution is 5.46. The summed E-state index contributed by atoms with van der Waals surface area (Å²) in [5, 5.41) is 6.32. The largest absolute Gasteiger partial charge is 0.368 e. The van der Waals surface area contributed by atoms with Crippen LogP contribution < -0.4 is 10.6 Å². The smallest absolute Gasteiger partial charge is 0.224 e. The predicted molar refractivity (Wildman–Crippen MR) is 70.5 cm³/mol. The summed E-state index contributed by atoms with van der Waals surface area (Å²) in [4.78, 5) is 11.0. The van der Waals surface area contributed by atoms with Crippen LogP contribution in [-0.4, -0.2) is 48.1 Å². The molecular formula is C12H21N5.